The van der Waals surface area contributed by atoms with Crippen molar-refractivity contribution in [3.8, 4) is 5.75 Å². The van der Waals surface area contributed by atoms with Gasteiger partial charge in [0.05, 0.1) is 12.7 Å². The fraction of sp³-hybridized carbons (Fsp3) is 0.125. The molecule has 0 bridgehead atoms. The van der Waals surface area contributed by atoms with Gasteiger partial charge in [-0.2, -0.15) is 0 Å². The summed E-state index contributed by atoms with van der Waals surface area (Å²) < 4.78 is 11.1. The Balaban J connectivity index is 1.86. The summed E-state index contributed by atoms with van der Waals surface area (Å²) in [7, 11) is 1.32. The lowest BCUT2D eigenvalue weighted by Crippen LogP contribution is -2.20. The van der Waals surface area contributed by atoms with Crippen LogP contribution in [0.2, 0.25) is 0 Å². The van der Waals surface area contributed by atoms with Gasteiger partial charge in [0.2, 0.25) is 0 Å². The van der Waals surface area contributed by atoms with Crippen molar-refractivity contribution in [3.63, 3.8) is 0 Å². The summed E-state index contributed by atoms with van der Waals surface area (Å²) in [5.74, 6) is -0.0547. The van der Waals surface area contributed by atoms with Crippen LogP contribution in [0.15, 0.2) is 48.5 Å². The monoisotopic (exact) mass is 411 g/mol. The number of benzene rings is 2. The summed E-state index contributed by atoms with van der Waals surface area (Å²) in [6, 6.07) is 13.9. The van der Waals surface area contributed by atoms with E-state index in [1.165, 1.54) is 7.11 Å². The topological polar surface area (TPSA) is 64.6 Å². The number of ether oxygens (including phenoxy) is 2. The lowest BCUT2D eigenvalue weighted by atomic mass is 10.2. The molecule has 5 nitrogen and oxygen atoms in total. The van der Waals surface area contributed by atoms with Crippen LogP contribution in [0.5, 0.6) is 5.75 Å². The number of hydrogen-bond acceptors (Lipinski definition) is 4. The molecule has 6 heteroatoms. The van der Waals surface area contributed by atoms with Gasteiger partial charge in [0.15, 0.2) is 6.61 Å². The summed E-state index contributed by atoms with van der Waals surface area (Å²) >= 11 is 2.20. The molecule has 0 radical (unpaired) electrons. The summed E-state index contributed by atoms with van der Waals surface area (Å²) in [5, 5.41) is 2.69. The maximum atomic E-state index is 11.8. The number of carbonyl (C=O) groups excluding carboxylic acids is 2. The molecule has 0 fully saturated rings. The van der Waals surface area contributed by atoms with E-state index in [9.17, 15) is 9.59 Å². The average Bonchev–Trinajstić information content (AvgIpc) is 2.54. The van der Waals surface area contributed by atoms with Gasteiger partial charge in [0.25, 0.3) is 5.91 Å². The van der Waals surface area contributed by atoms with Crippen LogP contribution in [-0.4, -0.2) is 25.6 Å². The van der Waals surface area contributed by atoms with Crippen LogP contribution in [0.3, 0.4) is 0 Å². The van der Waals surface area contributed by atoms with E-state index in [1.807, 2.05) is 12.1 Å². The first-order valence-electron chi connectivity index (χ1n) is 6.45. The van der Waals surface area contributed by atoms with Crippen molar-refractivity contribution < 1.29 is 19.1 Å². The first-order chi connectivity index (χ1) is 10.6. The van der Waals surface area contributed by atoms with Crippen LogP contribution in [-0.2, 0) is 9.53 Å². The molecule has 2 aromatic rings. The second-order valence-corrected chi connectivity index (χ2v) is 5.61. The van der Waals surface area contributed by atoms with Crippen LogP contribution in [0.25, 0.3) is 0 Å². The quantitative estimate of drug-likeness (QED) is 0.607. The Bertz CT molecular complexity index is 653. The molecule has 22 heavy (non-hydrogen) atoms. The van der Waals surface area contributed by atoms with Gasteiger partial charge in [-0.3, -0.25) is 4.79 Å². The van der Waals surface area contributed by atoms with Gasteiger partial charge in [0, 0.05) is 9.26 Å². The third-order valence-corrected chi connectivity index (χ3v) is 3.49. The molecule has 0 atom stereocenters. The Morgan fingerprint density at radius 1 is 1.05 bits per heavy atom. The number of amides is 1. The zero-order valence-electron chi connectivity index (χ0n) is 11.8. The van der Waals surface area contributed by atoms with Gasteiger partial charge in [-0.15, -0.1) is 0 Å². The zero-order valence-corrected chi connectivity index (χ0v) is 14.0. The van der Waals surface area contributed by atoms with E-state index in [0.29, 0.717) is 17.0 Å². The molecule has 1 amide bonds. The van der Waals surface area contributed by atoms with Gasteiger partial charge in [-0.1, -0.05) is 0 Å². The number of methoxy groups -OCH3 is 1. The van der Waals surface area contributed by atoms with E-state index in [0.717, 1.165) is 3.57 Å². The molecule has 0 saturated heterocycles. The molecular formula is C16H14INO4. The van der Waals surface area contributed by atoms with Gasteiger partial charge in [0.1, 0.15) is 5.75 Å². The van der Waals surface area contributed by atoms with Gasteiger partial charge >= 0.3 is 5.97 Å². The van der Waals surface area contributed by atoms with Gasteiger partial charge in [-0.25, -0.2) is 4.79 Å². The second kappa shape index (κ2) is 7.79. The Hall–Kier alpha value is -2.09. The van der Waals surface area contributed by atoms with E-state index in [-0.39, 0.29) is 12.5 Å². The lowest BCUT2D eigenvalue weighted by Gasteiger charge is -2.08. The Kier molecular flexibility index (Phi) is 5.76. The largest absolute Gasteiger partial charge is 0.484 e. The minimum Gasteiger partial charge on any atom is -0.484 e. The van der Waals surface area contributed by atoms with Crippen molar-refractivity contribution in [2.24, 2.45) is 0 Å². The van der Waals surface area contributed by atoms with Crippen LogP contribution in [0.1, 0.15) is 10.4 Å². The third kappa shape index (κ3) is 4.73. The first-order valence-corrected chi connectivity index (χ1v) is 7.53. The van der Waals surface area contributed by atoms with Gasteiger partial charge in [-0.05, 0) is 71.1 Å². The van der Waals surface area contributed by atoms with E-state index in [1.54, 1.807) is 36.4 Å². The smallest absolute Gasteiger partial charge is 0.337 e. The minimum atomic E-state index is -0.417. The Morgan fingerprint density at radius 3 is 2.27 bits per heavy atom. The maximum Gasteiger partial charge on any atom is 0.337 e. The predicted molar refractivity (Wildman–Crippen MR) is 91.1 cm³/mol. The predicted octanol–water partition coefficient (Wildman–Crippen LogP) is 3.10. The van der Waals surface area contributed by atoms with Crippen LogP contribution in [0, 0.1) is 3.57 Å². The molecule has 1 N–H and O–H groups in total. The highest BCUT2D eigenvalue weighted by Gasteiger charge is 2.07. The molecule has 0 aliphatic rings. The van der Waals surface area contributed by atoms with Gasteiger partial charge < -0.3 is 14.8 Å². The number of rotatable bonds is 5. The Labute approximate surface area is 141 Å². The molecule has 114 valence electrons. The number of anilines is 1. The van der Waals surface area contributed by atoms with Crippen molar-refractivity contribution in [2.75, 3.05) is 19.0 Å². The lowest BCUT2D eigenvalue weighted by molar-refractivity contribution is -0.118. The zero-order chi connectivity index (χ0) is 15.9. The number of esters is 1. The van der Waals surface area contributed by atoms with E-state index in [2.05, 4.69) is 32.6 Å². The van der Waals surface area contributed by atoms with Crippen molar-refractivity contribution >= 4 is 40.2 Å². The average molecular weight is 411 g/mol. The Morgan fingerprint density at radius 2 is 1.68 bits per heavy atom. The highest BCUT2D eigenvalue weighted by molar-refractivity contribution is 14.1. The number of nitrogens with one attached hydrogen (secondary N) is 1. The van der Waals surface area contributed by atoms with Crippen molar-refractivity contribution in [1.82, 2.24) is 0 Å². The summed E-state index contributed by atoms with van der Waals surface area (Å²) in [6.45, 7) is -0.0840. The molecule has 0 spiro atoms. The van der Waals surface area contributed by atoms with E-state index >= 15 is 0 Å². The maximum absolute atomic E-state index is 11.8. The number of halogens is 1. The van der Waals surface area contributed by atoms with E-state index in [4.69, 9.17) is 4.74 Å². The highest BCUT2D eigenvalue weighted by atomic mass is 127. The number of carbonyl (C=O) groups is 2. The third-order valence-electron chi connectivity index (χ3n) is 2.77. The van der Waals surface area contributed by atoms with Crippen molar-refractivity contribution in [1.29, 1.82) is 0 Å². The van der Waals surface area contributed by atoms with Crippen LogP contribution in [0.4, 0.5) is 5.69 Å². The van der Waals surface area contributed by atoms with Crippen molar-refractivity contribution in [3.05, 3.63) is 57.7 Å². The molecule has 0 aliphatic carbocycles. The van der Waals surface area contributed by atoms with Crippen LogP contribution < -0.4 is 10.1 Å². The molecular weight excluding hydrogens is 397 g/mol. The summed E-state index contributed by atoms with van der Waals surface area (Å²) in [4.78, 5) is 23.1. The molecule has 0 heterocycles. The molecule has 2 rings (SSSR count). The molecule has 0 aromatic heterocycles. The SMILES string of the molecule is COC(=O)c1ccc(NC(=O)COc2ccc(I)cc2)cc1. The number of hydrogen-bond donors (Lipinski definition) is 1. The summed E-state index contributed by atoms with van der Waals surface area (Å²) in [5.41, 5.74) is 1.01. The standard InChI is InChI=1S/C16H14INO4/c1-21-16(20)11-2-6-13(7-3-11)18-15(19)10-22-14-8-4-12(17)5-9-14/h2-9H,10H2,1H3,(H,18,19). The first kappa shape index (κ1) is 16.3. The van der Waals surface area contributed by atoms with E-state index < -0.39 is 5.97 Å². The minimum absolute atomic E-state index is 0.0840. The molecule has 2 aromatic carbocycles. The fourth-order valence-electron chi connectivity index (χ4n) is 1.68. The second-order valence-electron chi connectivity index (χ2n) is 4.36. The molecule has 0 unspecified atom stereocenters. The fourth-order valence-corrected chi connectivity index (χ4v) is 2.04. The summed E-state index contributed by atoms with van der Waals surface area (Å²) in [6.07, 6.45) is 0. The highest BCUT2D eigenvalue weighted by Crippen LogP contribution is 2.14. The molecule has 0 aliphatic heterocycles. The normalized spacial score (nSPS) is 9.91. The van der Waals surface area contributed by atoms with Crippen LogP contribution >= 0.6 is 22.6 Å². The van der Waals surface area contributed by atoms with Crippen molar-refractivity contribution in [2.45, 2.75) is 0 Å². The molecule has 0 saturated carbocycles.